The average Bonchev–Trinajstić information content (AvgIpc) is 0. The van der Waals surface area contributed by atoms with Crippen molar-refractivity contribution in [2.75, 3.05) is 0 Å². The molecular formula is CH14CaO4. The summed E-state index contributed by atoms with van der Waals surface area (Å²) in [5.41, 5.74) is 0. The molecule has 0 bridgehead atoms. The molecule has 8 N–H and O–H groups in total. The van der Waals surface area contributed by atoms with E-state index in [0.29, 0.717) is 0 Å². The maximum atomic E-state index is 0. The van der Waals surface area contributed by atoms with Crippen molar-refractivity contribution in [2.24, 2.45) is 0 Å². The Morgan fingerprint density at radius 3 is 0.500 bits per heavy atom. The SMILES string of the molecule is C.O.O.O.O.[CaH2]. The predicted molar refractivity (Wildman–Crippen MR) is 29.7 cm³/mol. The first-order chi connectivity index (χ1) is 0. The minimum absolute atomic E-state index is 0. The Bertz CT molecular complexity index is 7.51. The Balaban J connectivity index is 0. The zero-order chi connectivity index (χ0) is 0. The van der Waals surface area contributed by atoms with Crippen LogP contribution in [0.15, 0.2) is 0 Å². The van der Waals surface area contributed by atoms with Gasteiger partial charge in [0.2, 0.25) is 0 Å². The van der Waals surface area contributed by atoms with E-state index in [1.165, 1.54) is 0 Å². The van der Waals surface area contributed by atoms with Crippen LogP contribution in [-0.4, -0.2) is 59.6 Å². The molecule has 0 aliphatic rings. The molecule has 0 amide bonds. The molecule has 0 aromatic rings. The van der Waals surface area contributed by atoms with E-state index in [4.69, 9.17) is 0 Å². The number of hydrogen-bond donors (Lipinski definition) is 0. The van der Waals surface area contributed by atoms with Gasteiger partial charge in [0, 0.05) is 0 Å². The first kappa shape index (κ1) is 218. The molecule has 0 spiro atoms. The van der Waals surface area contributed by atoms with Gasteiger partial charge < -0.3 is 21.9 Å². The monoisotopic (exact) mass is 130 g/mol. The van der Waals surface area contributed by atoms with Gasteiger partial charge in [-0.25, -0.2) is 0 Å². The second kappa shape index (κ2) is 131. The molecule has 0 saturated carbocycles. The van der Waals surface area contributed by atoms with Gasteiger partial charge in [-0.15, -0.1) is 0 Å². The zero-order valence-electron chi connectivity index (χ0n) is 2.00. The molecule has 6 heavy (non-hydrogen) atoms. The molecule has 5 heteroatoms. The summed E-state index contributed by atoms with van der Waals surface area (Å²) in [5.74, 6) is 0. The van der Waals surface area contributed by atoms with Crippen molar-refractivity contribution < 1.29 is 21.9 Å². The summed E-state index contributed by atoms with van der Waals surface area (Å²) >= 11 is 0. The normalized spacial score (nSPS) is 0. The molecule has 0 unspecified atom stereocenters. The van der Waals surface area contributed by atoms with Crippen LogP contribution in [0.1, 0.15) is 7.43 Å². The quantitative estimate of drug-likeness (QED) is 0.301. The van der Waals surface area contributed by atoms with E-state index in [0.717, 1.165) is 0 Å². The third-order valence-electron chi connectivity index (χ3n) is 0. The van der Waals surface area contributed by atoms with Crippen molar-refractivity contribution in [1.82, 2.24) is 0 Å². The third kappa shape index (κ3) is 70.9. The summed E-state index contributed by atoms with van der Waals surface area (Å²) in [6, 6.07) is 0. The fourth-order valence-corrected chi connectivity index (χ4v) is 0. The fraction of sp³-hybridized carbons (Fsp3) is 1.00. The molecule has 0 radical (unpaired) electrons. The Hall–Kier alpha value is 1.10. The fourth-order valence-electron chi connectivity index (χ4n) is 0. The maximum absolute atomic E-state index is 0. The van der Waals surface area contributed by atoms with Gasteiger partial charge in [0.05, 0.1) is 0 Å². The van der Waals surface area contributed by atoms with Crippen LogP contribution >= 0.6 is 0 Å². The molecule has 0 aromatic carbocycles. The molecule has 0 aliphatic heterocycles. The van der Waals surface area contributed by atoms with Crippen molar-refractivity contribution in [3.63, 3.8) is 0 Å². The van der Waals surface area contributed by atoms with E-state index >= 15 is 0 Å². The minimum atomic E-state index is 0. The van der Waals surface area contributed by atoms with Gasteiger partial charge in [-0.3, -0.25) is 0 Å². The zero-order valence-corrected chi connectivity index (χ0v) is 2.00. The van der Waals surface area contributed by atoms with Crippen molar-refractivity contribution in [3.8, 4) is 0 Å². The summed E-state index contributed by atoms with van der Waals surface area (Å²) in [5, 5.41) is 0. The Kier molecular flexibility index (Phi) is 4770. The second-order valence-electron chi connectivity index (χ2n) is 0. The van der Waals surface area contributed by atoms with Crippen molar-refractivity contribution in [2.45, 2.75) is 7.43 Å². The predicted octanol–water partition coefficient (Wildman–Crippen LogP) is -3.58. The van der Waals surface area contributed by atoms with Crippen LogP contribution in [0.4, 0.5) is 0 Å². The van der Waals surface area contributed by atoms with Gasteiger partial charge in [0.15, 0.2) is 0 Å². The molecule has 0 saturated heterocycles. The number of rotatable bonds is 0. The first-order valence-corrected chi connectivity index (χ1v) is 0. The second-order valence-corrected chi connectivity index (χ2v) is 0. The topological polar surface area (TPSA) is 126 Å². The van der Waals surface area contributed by atoms with Crippen molar-refractivity contribution in [1.29, 1.82) is 0 Å². The van der Waals surface area contributed by atoms with Gasteiger partial charge in [-0.05, 0) is 0 Å². The van der Waals surface area contributed by atoms with Crippen molar-refractivity contribution >= 4 is 37.7 Å². The van der Waals surface area contributed by atoms with Gasteiger partial charge >= 0.3 is 37.7 Å². The number of hydrogen-bond acceptors (Lipinski definition) is 0. The van der Waals surface area contributed by atoms with Crippen molar-refractivity contribution in [3.05, 3.63) is 0 Å². The van der Waals surface area contributed by atoms with E-state index in [1.807, 2.05) is 0 Å². The molecular weight excluding hydrogens is 116 g/mol. The van der Waals surface area contributed by atoms with Gasteiger partial charge in [0.25, 0.3) is 0 Å². The summed E-state index contributed by atoms with van der Waals surface area (Å²) in [4.78, 5) is 0. The summed E-state index contributed by atoms with van der Waals surface area (Å²) in [6.07, 6.45) is 0. The molecule has 0 rings (SSSR count). The molecule has 0 aliphatic carbocycles. The Morgan fingerprint density at radius 1 is 0.500 bits per heavy atom. The van der Waals surface area contributed by atoms with E-state index in [2.05, 4.69) is 0 Å². The van der Waals surface area contributed by atoms with Crippen LogP contribution in [0.5, 0.6) is 0 Å². The molecule has 44 valence electrons. The van der Waals surface area contributed by atoms with Gasteiger partial charge in [-0.1, -0.05) is 7.43 Å². The van der Waals surface area contributed by atoms with Crippen LogP contribution in [0.3, 0.4) is 0 Å². The van der Waals surface area contributed by atoms with Crippen LogP contribution in [0.25, 0.3) is 0 Å². The first-order valence-electron chi connectivity index (χ1n) is 0. The van der Waals surface area contributed by atoms with Gasteiger partial charge in [0.1, 0.15) is 0 Å². The van der Waals surface area contributed by atoms with Gasteiger partial charge in [-0.2, -0.15) is 0 Å². The molecule has 0 aromatic heterocycles. The molecule has 0 heterocycles. The average molecular weight is 130 g/mol. The van der Waals surface area contributed by atoms with E-state index in [1.54, 1.807) is 0 Å². The standard InChI is InChI=1S/CH4.Ca.4H2O.2H/h1H4;;4*1H2;;. The van der Waals surface area contributed by atoms with Crippen LogP contribution in [0.2, 0.25) is 0 Å². The summed E-state index contributed by atoms with van der Waals surface area (Å²) < 4.78 is 0. The van der Waals surface area contributed by atoms with Crippen LogP contribution < -0.4 is 0 Å². The van der Waals surface area contributed by atoms with E-state index < -0.39 is 0 Å². The summed E-state index contributed by atoms with van der Waals surface area (Å²) in [6.45, 7) is 0. The molecule has 0 fully saturated rings. The van der Waals surface area contributed by atoms with Crippen LogP contribution in [0, 0.1) is 0 Å². The van der Waals surface area contributed by atoms with E-state index in [9.17, 15) is 0 Å². The summed E-state index contributed by atoms with van der Waals surface area (Å²) in [7, 11) is 0. The van der Waals surface area contributed by atoms with E-state index in [-0.39, 0.29) is 67.1 Å². The Morgan fingerprint density at radius 2 is 0.500 bits per heavy atom. The van der Waals surface area contributed by atoms with Crippen LogP contribution in [-0.2, 0) is 0 Å². The molecule has 0 atom stereocenters. The molecule has 4 nitrogen and oxygen atoms in total. The third-order valence-corrected chi connectivity index (χ3v) is 0. The Labute approximate surface area is 66.8 Å².